The lowest BCUT2D eigenvalue weighted by atomic mass is 10.0. The minimum absolute atomic E-state index is 0.108. The molecule has 0 bridgehead atoms. The smallest absolute Gasteiger partial charge is 0.378 e. The van der Waals surface area contributed by atoms with E-state index in [0.717, 1.165) is 0 Å². The van der Waals surface area contributed by atoms with E-state index in [4.69, 9.17) is 18.6 Å². The standard InChI is InChI=1S/C7H14O11S2/c1-15-5-2-4(3-16-19(9,10)11)17-7(8)6(5)18-20(12,13)14/h4-8H,2-3H2,1H3,(H,9,10,11)(H,12,13,14)/t4?,5?,6?,7-/m1/s1. The molecule has 0 spiro atoms. The highest BCUT2D eigenvalue weighted by molar-refractivity contribution is 7.81. The highest BCUT2D eigenvalue weighted by Crippen LogP contribution is 2.25. The van der Waals surface area contributed by atoms with E-state index in [1.807, 2.05) is 0 Å². The molecule has 1 aliphatic heterocycles. The molecule has 4 atom stereocenters. The maximum atomic E-state index is 10.6. The molecule has 11 nitrogen and oxygen atoms in total. The maximum Gasteiger partial charge on any atom is 0.397 e. The van der Waals surface area contributed by atoms with E-state index in [-0.39, 0.29) is 6.42 Å². The maximum absolute atomic E-state index is 10.6. The number of aliphatic hydroxyl groups is 1. The first-order chi connectivity index (χ1) is 9.02. The van der Waals surface area contributed by atoms with E-state index in [9.17, 15) is 21.9 Å². The van der Waals surface area contributed by atoms with E-state index >= 15 is 0 Å². The van der Waals surface area contributed by atoms with Crippen LogP contribution in [-0.2, 0) is 38.6 Å². The third kappa shape index (κ3) is 5.94. The Morgan fingerprint density at radius 1 is 1.20 bits per heavy atom. The molecule has 3 N–H and O–H groups in total. The third-order valence-electron chi connectivity index (χ3n) is 2.41. The fraction of sp³-hybridized carbons (Fsp3) is 1.00. The highest BCUT2D eigenvalue weighted by Gasteiger charge is 2.42. The van der Waals surface area contributed by atoms with Crippen LogP contribution in [0.1, 0.15) is 6.42 Å². The topological polar surface area (TPSA) is 166 Å². The molecule has 0 aromatic heterocycles. The first kappa shape index (κ1) is 17.7. The molecular formula is C7H14O11S2. The van der Waals surface area contributed by atoms with Crippen molar-refractivity contribution in [1.82, 2.24) is 0 Å². The van der Waals surface area contributed by atoms with Gasteiger partial charge in [-0.25, -0.2) is 8.37 Å². The zero-order chi connectivity index (χ0) is 15.6. The second kappa shape index (κ2) is 6.59. The molecule has 1 heterocycles. The van der Waals surface area contributed by atoms with E-state index < -0.39 is 52.0 Å². The Morgan fingerprint density at radius 2 is 1.80 bits per heavy atom. The quantitative estimate of drug-likeness (QED) is 0.464. The molecule has 1 fully saturated rings. The Hall–Kier alpha value is -0.380. The van der Waals surface area contributed by atoms with Crippen LogP contribution in [0.15, 0.2) is 0 Å². The van der Waals surface area contributed by atoms with Crippen LogP contribution in [0.3, 0.4) is 0 Å². The number of aliphatic hydroxyl groups excluding tert-OH is 1. The van der Waals surface area contributed by atoms with Crippen molar-refractivity contribution in [2.75, 3.05) is 13.7 Å². The van der Waals surface area contributed by atoms with Crippen LogP contribution in [0, 0.1) is 0 Å². The average molecular weight is 338 g/mol. The molecule has 0 saturated carbocycles. The Morgan fingerprint density at radius 3 is 2.25 bits per heavy atom. The van der Waals surface area contributed by atoms with Gasteiger partial charge in [-0.2, -0.15) is 16.8 Å². The zero-order valence-corrected chi connectivity index (χ0v) is 11.8. The molecule has 0 amide bonds. The summed E-state index contributed by atoms with van der Waals surface area (Å²) >= 11 is 0. The van der Waals surface area contributed by atoms with Crippen LogP contribution in [0.2, 0.25) is 0 Å². The summed E-state index contributed by atoms with van der Waals surface area (Å²) in [7, 11) is -8.33. The van der Waals surface area contributed by atoms with Crippen molar-refractivity contribution >= 4 is 20.8 Å². The van der Waals surface area contributed by atoms with Crippen LogP contribution in [-0.4, -0.2) is 69.4 Å². The fourth-order valence-corrected chi connectivity index (χ4v) is 2.48. The van der Waals surface area contributed by atoms with Crippen LogP contribution < -0.4 is 0 Å². The first-order valence-corrected chi connectivity index (χ1v) is 7.88. The van der Waals surface area contributed by atoms with Gasteiger partial charge in [0.25, 0.3) is 0 Å². The number of methoxy groups -OCH3 is 1. The molecule has 20 heavy (non-hydrogen) atoms. The first-order valence-electron chi connectivity index (χ1n) is 5.15. The fourth-order valence-electron chi connectivity index (χ4n) is 1.66. The van der Waals surface area contributed by atoms with Gasteiger partial charge in [0, 0.05) is 13.5 Å². The van der Waals surface area contributed by atoms with Gasteiger partial charge in [0.05, 0.1) is 18.8 Å². The summed E-state index contributed by atoms with van der Waals surface area (Å²) in [6.07, 6.45) is -5.47. The van der Waals surface area contributed by atoms with Gasteiger partial charge in [0.15, 0.2) is 12.4 Å². The molecular weight excluding hydrogens is 324 g/mol. The molecule has 0 radical (unpaired) electrons. The number of ether oxygens (including phenoxy) is 2. The van der Waals surface area contributed by atoms with Crippen molar-refractivity contribution in [1.29, 1.82) is 0 Å². The Bertz CT molecular complexity index is 511. The lowest BCUT2D eigenvalue weighted by Gasteiger charge is -2.37. The number of rotatable bonds is 6. The van der Waals surface area contributed by atoms with Gasteiger partial charge in [-0.15, -0.1) is 0 Å². The zero-order valence-electron chi connectivity index (χ0n) is 10.1. The highest BCUT2D eigenvalue weighted by atomic mass is 32.3. The normalized spacial score (nSPS) is 32.2. The van der Waals surface area contributed by atoms with Gasteiger partial charge < -0.3 is 14.6 Å². The second-order valence-corrected chi connectivity index (χ2v) is 6.00. The SMILES string of the molecule is COC1CC(COS(=O)(=O)O)O[C@@H](O)C1OS(=O)(=O)O. The summed E-state index contributed by atoms with van der Waals surface area (Å²) in [4.78, 5) is 0. The van der Waals surface area contributed by atoms with Crippen molar-refractivity contribution < 1.29 is 48.9 Å². The Kier molecular flexibility index (Phi) is 5.82. The molecule has 3 unspecified atom stereocenters. The van der Waals surface area contributed by atoms with Gasteiger partial charge in [0.2, 0.25) is 0 Å². The van der Waals surface area contributed by atoms with Crippen LogP contribution in [0.25, 0.3) is 0 Å². The summed E-state index contributed by atoms with van der Waals surface area (Å²) in [5.74, 6) is 0. The van der Waals surface area contributed by atoms with Gasteiger partial charge in [-0.3, -0.25) is 9.11 Å². The lowest BCUT2D eigenvalue weighted by molar-refractivity contribution is -0.248. The average Bonchev–Trinajstić information content (AvgIpc) is 2.26. The van der Waals surface area contributed by atoms with Crippen molar-refractivity contribution in [2.45, 2.75) is 31.0 Å². The van der Waals surface area contributed by atoms with Gasteiger partial charge in [-0.05, 0) is 0 Å². The summed E-state index contributed by atoms with van der Waals surface area (Å²) < 4.78 is 77.0. The van der Waals surface area contributed by atoms with Crippen LogP contribution in [0.5, 0.6) is 0 Å². The molecule has 0 aliphatic carbocycles. The van der Waals surface area contributed by atoms with Gasteiger partial charge >= 0.3 is 20.8 Å². The van der Waals surface area contributed by atoms with Crippen LogP contribution in [0.4, 0.5) is 0 Å². The van der Waals surface area contributed by atoms with E-state index in [2.05, 4.69) is 8.37 Å². The van der Waals surface area contributed by atoms with Crippen molar-refractivity contribution in [2.24, 2.45) is 0 Å². The second-order valence-electron chi connectivity index (χ2n) is 3.86. The summed E-state index contributed by atoms with van der Waals surface area (Å²) in [6.45, 7) is -0.617. The van der Waals surface area contributed by atoms with Gasteiger partial charge in [-0.1, -0.05) is 0 Å². The van der Waals surface area contributed by atoms with Crippen molar-refractivity contribution in [3.8, 4) is 0 Å². The van der Waals surface area contributed by atoms with Gasteiger partial charge in [0.1, 0.15) is 0 Å². The third-order valence-corrected chi connectivity index (χ3v) is 3.31. The predicted octanol–water partition coefficient (Wildman–Crippen LogP) is -1.88. The van der Waals surface area contributed by atoms with Crippen molar-refractivity contribution in [3.63, 3.8) is 0 Å². The van der Waals surface area contributed by atoms with E-state index in [0.29, 0.717) is 0 Å². The van der Waals surface area contributed by atoms with E-state index in [1.54, 1.807) is 0 Å². The van der Waals surface area contributed by atoms with Crippen molar-refractivity contribution in [3.05, 3.63) is 0 Å². The minimum Gasteiger partial charge on any atom is -0.378 e. The van der Waals surface area contributed by atoms with Crippen LogP contribution >= 0.6 is 0 Å². The molecule has 120 valence electrons. The number of hydrogen-bond donors (Lipinski definition) is 3. The molecule has 0 aromatic carbocycles. The summed E-state index contributed by atoms with van der Waals surface area (Å²) in [5.41, 5.74) is 0. The monoisotopic (exact) mass is 338 g/mol. The molecule has 13 heteroatoms. The Labute approximate surface area is 115 Å². The predicted molar refractivity (Wildman–Crippen MR) is 60.2 cm³/mol. The lowest BCUT2D eigenvalue weighted by Crippen LogP contribution is -2.52. The molecule has 1 aliphatic rings. The Balaban J connectivity index is 2.70. The number of hydrogen-bond acceptors (Lipinski definition) is 9. The molecule has 0 aromatic rings. The largest absolute Gasteiger partial charge is 0.397 e. The molecule has 1 rings (SSSR count). The minimum atomic E-state index is -4.84. The summed E-state index contributed by atoms with van der Waals surface area (Å²) in [6, 6.07) is 0. The molecule has 1 saturated heterocycles. The summed E-state index contributed by atoms with van der Waals surface area (Å²) in [5, 5.41) is 9.56. The van der Waals surface area contributed by atoms with E-state index in [1.165, 1.54) is 7.11 Å².